The lowest BCUT2D eigenvalue weighted by molar-refractivity contribution is 1.46. The van der Waals surface area contributed by atoms with Gasteiger partial charge in [0.05, 0.1) is 0 Å². The fourth-order valence-corrected chi connectivity index (χ4v) is 3.75. The van der Waals surface area contributed by atoms with E-state index in [1.807, 2.05) is 42.5 Å². The average Bonchev–Trinajstić information content (AvgIpc) is 2.87. The van der Waals surface area contributed by atoms with E-state index in [2.05, 4.69) is 97.6 Å². The third-order valence-electron chi connectivity index (χ3n) is 5.56. The molecule has 2 N–H and O–H groups in total. The first-order valence-electron chi connectivity index (χ1n) is 11.0. The molecule has 0 aromatic heterocycles. The summed E-state index contributed by atoms with van der Waals surface area (Å²) in [4.78, 5) is 0. The molecule has 0 radical (unpaired) electrons. The summed E-state index contributed by atoms with van der Waals surface area (Å²) < 4.78 is 0. The van der Waals surface area contributed by atoms with Crippen molar-refractivity contribution in [2.45, 2.75) is 0 Å². The summed E-state index contributed by atoms with van der Waals surface area (Å²) in [5.74, 6) is 0. The van der Waals surface area contributed by atoms with E-state index in [1.54, 1.807) is 6.20 Å². The second-order valence-corrected chi connectivity index (χ2v) is 7.72. The minimum absolute atomic E-state index is 0.876. The first-order chi connectivity index (χ1) is 16.3. The van der Waals surface area contributed by atoms with Crippen molar-refractivity contribution < 1.29 is 0 Å². The lowest BCUT2D eigenvalue weighted by Gasteiger charge is -2.15. The van der Waals surface area contributed by atoms with Crippen molar-refractivity contribution in [1.82, 2.24) is 0 Å². The average molecular weight is 426 g/mol. The van der Waals surface area contributed by atoms with Gasteiger partial charge in [0.2, 0.25) is 0 Å². The number of hydrogen-bond donors (Lipinski definition) is 1. The van der Waals surface area contributed by atoms with Gasteiger partial charge < -0.3 is 5.73 Å². The van der Waals surface area contributed by atoms with Gasteiger partial charge in [0, 0.05) is 6.20 Å². The van der Waals surface area contributed by atoms with E-state index in [9.17, 15) is 0 Å². The maximum absolute atomic E-state index is 6.01. The zero-order valence-corrected chi connectivity index (χ0v) is 18.6. The Bertz CT molecular complexity index is 1280. The summed E-state index contributed by atoms with van der Waals surface area (Å²) in [6, 6.07) is 29.4. The number of allylic oxidation sites excluding steroid dienone is 12. The van der Waals surface area contributed by atoms with Crippen LogP contribution in [0.4, 0.5) is 0 Å². The van der Waals surface area contributed by atoms with Crippen LogP contribution in [0.5, 0.6) is 0 Å². The molecule has 0 saturated carbocycles. The van der Waals surface area contributed by atoms with Gasteiger partial charge in [-0.2, -0.15) is 0 Å². The number of nitrogens with two attached hydrogens (primary N) is 1. The van der Waals surface area contributed by atoms with Crippen LogP contribution >= 0.6 is 0 Å². The van der Waals surface area contributed by atoms with E-state index in [0.717, 1.165) is 33.4 Å². The van der Waals surface area contributed by atoms with E-state index in [-0.39, 0.29) is 0 Å². The Balaban J connectivity index is 1.85. The molecule has 0 unspecified atom stereocenters. The molecular formula is C32H27N. The Hall–Kier alpha value is -4.36. The SMILES string of the molecule is C=C1C(=C\N)/C=C\C=C/C=C/C=C(c2ccccc2)\C=C\1c1ccc(-c2ccccc2)cc1. The molecule has 4 rings (SSSR count). The molecule has 33 heavy (non-hydrogen) atoms. The summed E-state index contributed by atoms with van der Waals surface area (Å²) in [7, 11) is 0. The Kier molecular flexibility index (Phi) is 7.15. The van der Waals surface area contributed by atoms with Crippen molar-refractivity contribution >= 4 is 11.1 Å². The molecule has 0 atom stereocenters. The van der Waals surface area contributed by atoms with Gasteiger partial charge in [-0.15, -0.1) is 0 Å². The molecule has 0 aliphatic heterocycles. The summed E-state index contributed by atoms with van der Waals surface area (Å²) in [5, 5.41) is 0. The summed E-state index contributed by atoms with van der Waals surface area (Å²) in [6.45, 7) is 4.42. The summed E-state index contributed by atoms with van der Waals surface area (Å²) in [6.07, 6.45) is 18.0. The van der Waals surface area contributed by atoms with Gasteiger partial charge in [0.25, 0.3) is 0 Å². The van der Waals surface area contributed by atoms with E-state index >= 15 is 0 Å². The lowest BCUT2D eigenvalue weighted by atomic mass is 9.89. The standard InChI is InChI=1S/C32H27N/c1-25-31(24-33)18-8-4-2-3-7-17-30(27-15-11-6-12-16-27)23-32(25)29-21-19-28(20-22-29)26-13-9-5-10-14-26/h2-24H,1,33H2/b4-2-,7-3+,18-8-,30-17+,31-24-,32-23-. The van der Waals surface area contributed by atoms with Crippen LogP contribution in [0, 0.1) is 0 Å². The maximum atomic E-state index is 6.01. The Morgan fingerprint density at radius 2 is 1.12 bits per heavy atom. The van der Waals surface area contributed by atoms with E-state index in [0.29, 0.717) is 0 Å². The smallest absolute Gasteiger partial charge is 0.00175 e. The molecule has 0 spiro atoms. The molecule has 0 fully saturated rings. The third kappa shape index (κ3) is 5.47. The lowest BCUT2D eigenvalue weighted by Crippen LogP contribution is -1.96. The normalized spacial score (nSPS) is 21.6. The molecule has 0 amide bonds. The molecule has 0 bridgehead atoms. The van der Waals surface area contributed by atoms with Gasteiger partial charge >= 0.3 is 0 Å². The van der Waals surface area contributed by atoms with Gasteiger partial charge in [-0.1, -0.05) is 134 Å². The Morgan fingerprint density at radius 1 is 0.576 bits per heavy atom. The second-order valence-electron chi connectivity index (χ2n) is 7.72. The summed E-state index contributed by atoms with van der Waals surface area (Å²) >= 11 is 0. The monoisotopic (exact) mass is 425 g/mol. The molecule has 0 saturated heterocycles. The molecular weight excluding hydrogens is 398 g/mol. The molecule has 1 aliphatic rings. The minimum Gasteiger partial charge on any atom is -0.404 e. The van der Waals surface area contributed by atoms with Gasteiger partial charge in [0.1, 0.15) is 0 Å². The predicted molar refractivity (Wildman–Crippen MR) is 143 cm³/mol. The fourth-order valence-electron chi connectivity index (χ4n) is 3.75. The highest BCUT2D eigenvalue weighted by Gasteiger charge is 2.12. The van der Waals surface area contributed by atoms with E-state index in [4.69, 9.17) is 5.73 Å². The van der Waals surface area contributed by atoms with Crippen LogP contribution in [0.15, 0.2) is 157 Å². The second kappa shape index (κ2) is 10.8. The van der Waals surface area contributed by atoms with Crippen LogP contribution in [0.3, 0.4) is 0 Å². The molecule has 1 aliphatic carbocycles. The predicted octanol–water partition coefficient (Wildman–Crippen LogP) is 7.90. The van der Waals surface area contributed by atoms with Crippen LogP contribution in [-0.4, -0.2) is 0 Å². The highest BCUT2D eigenvalue weighted by Crippen LogP contribution is 2.33. The number of hydrogen-bond acceptors (Lipinski definition) is 1. The van der Waals surface area contributed by atoms with Crippen LogP contribution in [-0.2, 0) is 0 Å². The van der Waals surface area contributed by atoms with Crippen molar-refractivity contribution in [3.05, 3.63) is 169 Å². The molecule has 1 heteroatoms. The van der Waals surface area contributed by atoms with Crippen molar-refractivity contribution in [2.24, 2.45) is 5.73 Å². The van der Waals surface area contributed by atoms with Crippen LogP contribution in [0.1, 0.15) is 11.1 Å². The molecule has 3 aromatic rings. The van der Waals surface area contributed by atoms with Gasteiger partial charge in [-0.25, -0.2) is 0 Å². The van der Waals surface area contributed by atoms with E-state index in [1.165, 1.54) is 11.1 Å². The van der Waals surface area contributed by atoms with Gasteiger partial charge in [-0.05, 0) is 50.6 Å². The van der Waals surface area contributed by atoms with Gasteiger partial charge in [-0.3, -0.25) is 0 Å². The van der Waals surface area contributed by atoms with Crippen LogP contribution in [0.2, 0.25) is 0 Å². The Labute approximate surface area is 196 Å². The molecule has 1 nitrogen and oxygen atoms in total. The third-order valence-corrected chi connectivity index (χ3v) is 5.56. The van der Waals surface area contributed by atoms with Crippen molar-refractivity contribution in [1.29, 1.82) is 0 Å². The highest BCUT2D eigenvalue weighted by molar-refractivity contribution is 5.93. The quantitative estimate of drug-likeness (QED) is 0.453. The van der Waals surface area contributed by atoms with Gasteiger partial charge in [0.15, 0.2) is 0 Å². The number of benzene rings is 3. The van der Waals surface area contributed by atoms with Crippen molar-refractivity contribution in [3.8, 4) is 11.1 Å². The molecule has 3 aromatic carbocycles. The highest BCUT2D eigenvalue weighted by atomic mass is 14.5. The molecule has 160 valence electrons. The van der Waals surface area contributed by atoms with E-state index < -0.39 is 0 Å². The van der Waals surface area contributed by atoms with Crippen LogP contribution < -0.4 is 5.73 Å². The fraction of sp³-hybridized carbons (Fsp3) is 0. The molecule has 0 heterocycles. The first-order valence-corrected chi connectivity index (χ1v) is 11.0. The zero-order valence-electron chi connectivity index (χ0n) is 18.6. The Morgan fingerprint density at radius 3 is 1.79 bits per heavy atom. The summed E-state index contributed by atoms with van der Waals surface area (Å²) in [5.41, 5.74) is 14.5. The minimum atomic E-state index is 0.876. The van der Waals surface area contributed by atoms with Crippen molar-refractivity contribution in [3.63, 3.8) is 0 Å². The van der Waals surface area contributed by atoms with Crippen LogP contribution in [0.25, 0.3) is 22.3 Å². The number of rotatable bonds is 3. The topological polar surface area (TPSA) is 26.0 Å². The van der Waals surface area contributed by atoms with Crippen molar-refractivity contribution in [2.75, 3.05) is 0 Å². The zero-order chi connectivity index (χ0) is 22.9. The maximum Gasteiger partial charge on any atom is 0.00175 e. The first kappa shape index (κ1) is 21.9. The largest absolute Gasteiger partial charge is 0.404 e.